The number of phenolic OH excluding ortho intramolecular Hbond substituents is 1. The molecule has 0 spiro atoms. The highest BCUT2D eigenvalue weighted by Crippen LogP contribution is 2.31. The minimum Gasteiger partial charge on any atom is -0.504 e. The highest BCUT2D eigenvalue weighted by Gasteiger charge is 2.33. The van der Waals surface area contributed by atoms with Crippen molar-refractivity contribution in [3.63, 3.8) is 0 Å². The first-order chi connectivity index (χ1) is 12.2. The molecular formula is C20H23NO4. The summed E-state index contributed by atoms with van der Waals surface area (Å²) in [5, 5.41) is 9.75. The Morgan fingerprint density at radius 2 is 1.76 bits per heavy atom. The van der Waals surface area contributed by atoms with Crippen LogP contribution in [0.3, 0.4) is 0 Å². The molecule has 2 aromatic rings. The summed E-state index contributed by atoms with van der Waals surface area (Å²) in [6, 6.07) is 14.7. The van der Waals surface area contributed by atoms with Crippen LogP contribution in [0.1, 0.15) is 25.3 Å². The SMILES string of the molecule is CCOc1ccccc1CN(C(=O)COc1ccccc1O)C1CC1. The topological polar surface area (TPSA) is 59.0 Å². The second-order valence-electron chi connectivity index (χ2n) is 6.05. The maximum Gasteiger partial charge on any atom is 0.261 e. The van der Waals surface area contributed by atoms with Crippen LogP contribution >= 0.6 is 0 Å². The molecule has 5 heteroatoms. The van der Waals surface area contributed by atoms with E-state index in [9.17, 15) is 9.90 Å². The van der Waals surface area contributed by atoms with E-state index in [0.717, 1.165) is 24.2 Å². The number of ether oxygens (including phenoxy) is 2. The molecular weight excluding hydrogens is 318 g/mol. The van der Waals surface area contributed by atoms with E-state index in [1.54, 1.807) is 18.2 Å². The van der Waals surface area contributed by atoms with E-state index < -0.39 is 0 Å². The van der Waals surface area contributed by atoms with Gasteiger partial charge in [-0.3, -0.25) is 4.79 Å². The molecule has 5 nitrogen and oxygen atoms in total. The van der Waals surface area contributed by atoms with Crippen molar-refractivity contribution in [1.29, 1.82) is 0 Å². The minimum atomic E-state index is -0.0924. The molecule has 2 aromatic carbocycles. The number of aromatic hydroxyl groups is 1. The first-order valence-electron chi connectivity index (χ1n) is 8.60. The van der Waals surface area contributed by atoms with Crippen molar-refractivity contribution in [2.45, 2.75) is 32.4 Å². The molecule has 1 N–H and O–H groups in total. The zero-order valence-corrected chi connectivity index (χ0v) is 14.4. The maximum atomic E-state index is 12.7. The van der Waals surface area contributed by atoms with Gasteiger partial charge in [-0.15, -0.1) is 0 Å². The van der Waals surface area contributed by atoms with Crippen molar-refractivity contribution in [3.8, 4) is 17.2 Å². The third-order valence-corrected chi connectivity index (χ3v) is 4.14. The number of nitrogens with zero attached hydrogens (tertiary/aromatic N) is 1. The van der Waals surface area contributed by atoms with Gasteiger partial charge in [0, 0.05) is 18.2 Å². The van der Waals surface area contributed by atoms with Crippen LogP contribution < -0.4 is 9.47 Å². The third-order valence-electron chi connectivity index (χ3n) is 4.14. The molecule has 0 unspecified atom stereocenters. The molecule has 0 saturated heterocycles. The van der Waals surface area contributed by atoms with Gasteiger partial charge in [-0.2, -0.15) is 0 Å². The Morgan fingerprint density at radius 3 is 2.44 bits per heavy atom. The monoisotopic (exact) mass is 341 g/mol. The van der Waals surface area contributed by atoms with E-state index in [1.807, 2.05) is 36.1 Å². The van der Waals surface area contributed by atoms with E-state index in [0.29, 0.717) is 18.9 Å². The van der Waals surface area contributed by atoms with E-state index in [1.165, 1.54) is 6.07 Å². The summed E-state index contributed by atoms with van der Waals surface area (Å²) in [5.74, 6) is 1.08. The summed E-state index contributed by atoms with van der Waals surface area (Å²) in [7, 11) is 0. The molecule has 3 rings (SSSR count). The number of rotatable bonds is 8. The van der Waals surface area contributed by atoms with Crippen LogP contribution in [0.5, 0.6) is 17.2 Å². The molecule has 1 aliphatic carbocycles. The van der Waals surface area contributed by atoms with Crippen LogP contribution in [0.25, 0.3) is 0 Å². The molecule has 0 atom stereocenters. The van der Waals surface area contributed by atoms with Crippen LogP contribution in [0.2, 0.25) is 0 Å². The fraction of sp³-hybridized carbons (Fsp3) is 0.350. The van der Waals surface area contributed by atoms with Gasteiger partial charge in [0.05, 0.1) is 6.61 Å². The number of hydrogen-bond donors (Lipinski definition) is 1. The molecule has 1 saturated carbocycles. The molecule has 1 aliphatic rings. The van der Waals surface area contributed by atoms with Crippen LogP contribution in [-0.2, 0) is 11.3 Å². The standard InChI is InChI=1S/C20H23NO4/c1-2-24-18-9-5-3-7-15(18)13-21(16-11-12-16)20(23)14-25-19-10-6-4-8-17(19)22/h3-10,16,22H,2,11-14H2,1H3. The summed E-state index contributed by atoms with van der Waals surface area (Å²) in [4.78, 5) is 14.5. The molecule has 132 valence electrons. The molecule has 25 heavy (non-hydrogen) atoms. The Hall–Kier alpha value is -2.69. The Kier molecular flexibility index (Phi) is 5.43. The first kappa shape index (κ1) is 17.1. The van der Waals surface area contributed by atoms with Crippen molar-refractivity contribution in [2.75, 3.05) is 13.2 Å². The number of hydrogen-bond acceptors (Lipinski definition) is 4. The van der Waals surface area contributed by atoms with Gasteiger partial charge < -0.3 is 19.5 Å². The van der Waals surface area contributed by atoms with Gasteiger partial charge in [0.15, 0.2) is 18.1 Å². The second kappa shape index (κ2) is 7.92. The lowest BCUT2D eigenvalue weighted by Gasteiger charge is -2.24. The number of benzene rings is 2. The Morgan fingerprint density at radius 1 is 1.08 bits per heavy atom. The summed E-state index contributed by atoms with van der Waals surface area (Å²) in [6.45, 7) is 2.94. The fourth-order valence-electron chi connectivity index (χ4n) is 2.72. The fourth-order valence-corrected chi connectivity index (χ4v) is 2.72. The lowest BCUT2D eigenvalue weighted by molar-refractivity contribution is -0.134. The maximum absolute atomic E-state index is 12.7. The molecule has 0 aromatic heterocycles. The minimum absolute atomic E-state index is 0.0370. The number of para-hydroxylation sites is 3. The lowest BCUT2D eigenvalue weighted by Crippen LogP contribution is -2.36. The van der Waals surface area contributed by atoms with Gasteiger partial charge in [0.2, 0.25) is 0 Å². The molecule has 0 aliphatic heterocycles. The van der Waals surface area contributed by atoms with Gasteiger partial charge in [-0.05, 0) is 38.0 Å². The normalized spacial score (nSPS) is 13.3. The largest absolute Gasteiger partial charge is 0.504 e. The zero-order valence-electron chi connectivity index (χ0n) is 14.4. The van der Waals surface area contributed by atoms with Crippen LogP contribution in [-0.4, -0.2) is 35.2 Å². The second-order valence-corrected chi connectivity index (χ2v) is 6.05. The van der Waals surface area contributed by atoms with Crippen molar-refractivity contribution < 1.29 is 19.4 Å². The number of carbonyl (C=O) groups is 1. The van der Waals surface area contributed by atoms with Gasteiger partial charge in [0.25, 0.3) is 5.91 Å². The van der Waals surface area contributed by atoms with E-state index in [-0.39, 0.29) is 24.3 Å². The predicted octanol–water partition coefficient (Wildman–Crippen LogP) is 3.36. The molecule has 0 bridgehead atoms. The van der Waals surface area contributed by atoms with Gasteiger partial charge in [0.1, 0.15) is 5.75 Å². The van der Waals surface area contributed by atoms with Crippen molar-refractivity contribution in [3.05, 3.63) is 54.1 Å². The van der Waals surface area contributed by atoms with E-state index in [4.69, 9.17) is 9.47 Å². The summed E-state index contributed by atoms with van der Waals surface area (Å²) < 4.78 is 11.2. The Balaban J connectivity index is 1.67. The Labute approximate surface area is 147 Å². The number of carbonyl (C=O) groups excluding carboxylic acids is 1. The number of amides is 1. The summed E-state index contributed by atoms with van der Waals surface area (Å²) in [6.07, 6.45) is 2.03. The van der Waals surface area contributed by atoms with Crippen LogP contribution in [0, 0.1) is 0 Å². The van der Waals surface area contributed by atoms with Gasteiger partial charge in [-0.1, -0.05) is 30.3 Å². The molecule has 0 heterocycles. The van der Waals surface area contributed by atoms with Crippen molar-refractivity contribution in [1.82, 2.24) is 4.90 Å². The molecule has 0 radical (unpaired) electrons. The van der Waals surface area contributed by atoms with Crippen LogP contribution in [0.15, 0.2) is 48.5 Å². The number of phenols is 1. The smallest absolute Gasteiger partial charge is 0.261 e. The summed E-state index contributed by atoms with van der Waals surface area (Å²) in [5.41, 5.74) is 0.993. The van der Waals surface area contributed by atoms with E-state index in [2.05, 4.69) is 0 Å². The first-order valence-corrected chi connectivity index (χ1v) is 8.60. The highest BCUT2D eigenvalue weighted by atomic mass is 16.5. The lowest BCUT2D eigenvalue weighted by atomic mass is 10.2. The van der Waals surface area contributed by atoms with Crippen LogP contribution in [0.4, 0.5) is 0 Å². The van der Waals surface area contributed by atoms with Gasteiger partial charge >= 0.3 is 0 Å². The average molecular weight is 341 g/mol. The zero-order chi connectivity index (χ0) is 17.6. The highest BCUT2D eigenvalue weighted by molar-refractivity contribution is 5.78. The molecule has 1 fully saturated rings. The van der Waals surface area contributed by atoms with Gasteiger partial charge in [-0.25, -0.2) is 0 Å². The van der Waals surface area contributed by atoms with Crippen molar-refractivity contribution in [2.24, 2.45) is 0 Å². The molecule has 1 amide bonds. The Bertz CT molecular complexity index is 727. The third kappa shape index (κ3) is 4.44. The van der Waals surface area contributed by atoms with E-state index >= 15 is 0 Å². The quantitative estimate of drug-likeness (QED) is 0.800. The predicted molar refractivity (Wildman–Crippen MR) is 94.8 cm³/mol. The van der Waals surface area contributed by atoms with Crippen molar-refractivity contribution >= 4 is 5.91 Å². The summed E-state index contributed by atoms with van der Waals surface area (Å²) >= 11 is 0. The average Bonchev–Trinajstić information content (AvgIpc) is 3.45.